The van der Waals surface area contributed by atoms with Gasteiger partial charge in [0.1, 0.15) is 0 Å². The van der Waals surface area contributed by atoms with E-state index in [9.17, 15) is 9.59 Å². The Bertz CT molecular complexity index is 829. The fraction of sp³-hybridized carbons (Fsp3) is 0.421. The Labute approximate surface area is 159 Å². The molecule has 2 rings (SSSR count). The lowest BCUT2D eigenvalue weighted by Crippen LogP contribution is -2.29. The second kappa shape index (κ2) is 9.18. The van der Waals surface area contributed by atoms with Crippen molar-refractivity contribution >= 4 is 17.6 Å². The van der Waals surface area contributed by atoms with E-state index in [1.807, 2.05) is 18.5 Å². The summed E-state index contributed by atoms with van der Waals surface area (Å²) in [7, 11) is 3.23. The molecular weight excluding hydrogens is 346 g/mol. The molecule has 0 bridgehead atoms. The maximum atomic E-state index is 12.3. The molecule has 1 aromatic carbocycles. The third kappa shape index (κ3) is 4.85. The molecule has 1 aromatic heterocycles. The van der Waals surface area contributed by atoms with Gasteiger partial charge in [0.05, 0.1) is 18.8 Å². The molecule has 146 valence electrons. The molecule has 0 radical (unpaired) electrons. The van der Waals surface area contributed by atoms with Crippen LogP contribution in [0.1, 0.15) is 32.9 Å². The van der Waals surface area contributed by atoms with Gasteiger partial charge in [0.2, 0.25) is 0 Å². The van der Waals surface area contributed by atoms with E-state index in [0.29, 0.717) is 36.5 Å². The summed E-state index contributed by atoms with van der Waals surface area (Å²) in [6, 6.07) is 4.89. The van der Waals surface area contributed by atoms with Gasteiger partial charge < -0.3 is 20.7 Å². The Morgan fingerprint density at radius 1 is 1.22 bits per heavy atom. The van der Waals surface area contributed by atoms with E-state index >= 15 is 0 Å². The van der Waals surface area contributed by atoms with Crippen molar-refractivity contribution in [3.8, 4) is 0 Å². The largest absolute Gasteiger partial charge is 0.383 e. The molecule has 3 N–H and O–H groups in total. The molecule has 27 heavy (non-hydrogen) atoms. The number of aryl methyl sites for hydroxylation is 1. The highest BCUT2D eigenvalue weighted by Crippen LogP contribution is 2.19. The first-order chi connectivity index (χ1) is 12.9. The molecule has 3 amide bonds. The van der Waals surface area contributed by atoms with Crippen molar-refractivity contribution in [2.45, 2.75) is 33.9 Å². The molecule has 8 nitrogen and oxygen atoms in total. The van der Waals surface area contributed by atoms with Crippen LogP contribution < -0.4 is 16.0 Å². The number of carbonyl (C=O) groups is 2. The van der Waals surface area contributed by atoms with Crippen LogP contribution >= 0.6 is 0 Å². The maximum absolute atomic E-state index is 12.3. The minimum atomic E-state index is -0.337. The van der Waals surface area contributed by atoms with E-state index < -0.39 is 0 Å². The molecule has 0 saturated carbocycles. The Kier molecular flexibility index (Phi) is 6.95. The van der Waals surface area contributed by atoms with E-state index in [4.69, 9.17) is 4.74 Å². The van der Waals surface area contributed by atoms with Crippen LogP contribution in [0.3, 0.4) is 0 Å². The summed E-state index contributed by atoms with van der Waals surface area (Å²) < 4.78 is 6.97. The first kappa shape index (κ1) is 20.4. The van der Waals surface area contributed by atoms with Crippen LogP contribution in [0.5, 0.6) is 0 Å². The molecule has 0 aliphatic rings. The third-order valence-corrected chi connectivity index (χ3v) is 4.52. The summed E-state index contributed by atoms with van der Waals surface area (Å²) in [4.78, 5) is 24.2. The van der Waals surface area contributed by atoms with Crippen LogP contribution in [0.2, 0.25) is 0 Å². The number of nitrogens with one attached hydrogen (secondary N) is 3. The number of anilines is 1. The highest BCUT2D eigenvalue weighted by atomic mass is 16.5. The lowest BCUT2D eigenvalue weighted by atomic mass is 10.1. The van der Waals surface area contributed by atoms with Crippen molar-refractivity contribution in [3.63, 3.8) is 0 Å². The predicted molar refractivity (Wildman–Crippen MR) is 104 cm³/mol. The summed E-state index contributed by atoms with van der Waals surface area (Å²) in [6.45, 7) is 7.31. The van der Waals surface area contributed by atoms with Gasteiger partial charge >= 0.3 is 6.03 Å². The zero-order valence-corrected chi connectivity index (χ0v) is 16.5. The average molecular weight is 373 g/mol. The molecule has 0 spiro atoms. The fourth-order valence-electron chi connectivity index (χ4n) is 2.87. The summed E-state index contributed by atoms with van der Waals surface area (Å²) in [5.41, 5.74) is 4.70. The SMILES string of the molecule is CNC(=O)c1cccc(NC(=O)NCc2c(C)nn(CCOC)c2C)c1C. The van der Waals surface area contributed by atoms with Crippen LogP contribution in [0, 0.1) is 20.8 Å². The standard InChI is InChI=1S/C19H27N5O3/c1-12-15(18(25)20-4)7-6-8-17(12)22-19(26)21-11-16-13(2)23-24(14(16)3)9-10-27-5/h6-8H,9-11H2,1-5H3,(H,20,25)(H2,21,22,26). The zero-order chi connectivity index (χ0) is 20.0. The van der Waals surface area contributed by atoms with Crippen LogP contribution in [-0.2, 0) is 17.8 Å². The second-order valence-electron chi connectivity index (χ2n) is 6.23. The van der Waals surface area contributed by atoms with Gasteiger partial charge in [0.25, 0.3) is 5.91 Å². The minimum Gasteiger partial charge on any atom is -0.383 e. The smallest absolute Gasteiger partial charge is 0.319 e. The average Bonchev–Trinajstić information content (AvgIpc) is 2.92. The number of urea groups is 1. The molecule has 0 unspecified atom stereocenters. The molecule has 8 heteroatoms. The molecule has 0 atom stereocenters. The molecule has 2 aromatic rings. The number of benzene rings is 1. The molecular formula is C19H27N5O3. The number of rotatable bonds is 7. The number of hydrogen-bond acceptors (Lipinski definition) is 4. The number of hydrogen-bond donors (Lipinski definition) is 3. The van der Waals surface area contributed by atoms with Gasteiger partial charge in [0.15, 0.2) is 0 Å². The number of methoxy groups -OCH3 is 1. The quantitative estimate of drug-likeness (QED) is 0.693. The Morgan fingerprint density at radius 2 is 1.96 bits per heavy atom. The Balaban J connectivity index is 2.03. The maximum Gasteiger partial charge on any atom is 0.319 e. The summed E-state index contributed by atoms with van der Waals surface area (Å²) in [5, 5.41) is 12.7. The monoisotopic (exact) mass is 373 g/mol. The Morgan fingerprint density at radius 3 is 2.63 bits per heavy atom. The van der Waals surface area contributed by atoms with Crippen molar-refractivity contribution in [2.24, 2.45) is 0 Å². The van der Waals surface area contributed by atoms with Crippen molar-refractivity contribution in [2.75, 3.05) is 26.1 Å². The van der Waals surface area contributed by atoms with Crippen molar-refractivity contribution < 1.29 is 14.3 Å². The van der Waals surface area contributed by atoms with Crippen LogP contribution in [0.25, 0.3) is 0 Å². The number of ether oxygens (including phenoxy) is 1. The third-order valence-electron chi connectivity index (χ3n) is 4.52. The molecule has 0 aliphatic carbocycles. The van der Waals surface area contributed by atoms with Gasteiger partial charge in [-0.05, 0) is 38.5 Å². The van der Waals surface area contributed by atoms with Crippen molar-refractivity contribution in [1.29, 1.82) is 0 Å². The zero-order valence-electron chi connectivity index (χ0n) is 16.5. The van der Waals surface area contributed by atoms with Crippen molar-refractivity contribution in [1.82, 2.24) is 20.4 Å². The summed E-state index contributed by atoms with van der Waals surface area (Å²) >= 11 is 0. The first-order valence-corrected chi connectivity index (χ1v) is 8.77. The topological polar surface area (TPSA) is 97.3 Å². The number of carbonyl (C=O) groups excluding carboxylic acids is 2. The van der Waals surface area contributed by atoms with E-state index in [-0.39, 0.29) is 11.9 Å². The number of aromatic nitrogens is 2. The lowest BCUT2D eigenvalue weighted by molar-refractivity contribution is 0.0962. The van der Waals surface area contributed by atoms with Gasteiger partial charge in [-0.1, -0.05) is 6.07 Å². The lowest BCUT2D eigenvalue weighted by Gasteiger charge is -2.13. The molecule has 0 saturated heterocycles. The van der Waals surface area contributed by atoms with Gasteiger partial charge in [0, 0.05) is 43.2 Å². The van der Waals surface area contributed by atoms with Gasteiger partial charge in [-0.25, -0.2) is 4.79 Å². The highest BCUT2D eigenvalue weighted by molar-refractivity contribution is 5.98. The normalized spacial score (nSPS) is 10.6. The molecule has 0 fully saturated rings. The van der Waals surface area contributed by atoms with Crippen LogP contribution in [0.4, 0.5) is 10.5 Å². The number of amides is 3. The Hall–Kier alpha value is -2.87. The number of nitrogens with zero attached hydrogens (tertiary/aromatic N) is 2. The first-order valence-electron chi connectivity index (χ1n) is 8.77. The fourth-order valence-corrected chi connectivity index (χ4v) is 2.87. The minimum absolute atomic E-state index is 0.189. The van der Waals surface area contributed by atoms with Crippen LogP contribution in [-0.4, -0.2) is 42.5 Å². The summed E-state index contributed by atoms with van der Waals surface area (Å²) in [5.74, 6) is -0.189. The van der Waals surface area contributed by atoms with Gasteiger partial charge in [-0.15, -0.1) is 0 Å². The predicted octanol–water partition coefficient (Wildman–Crippen LogP) is 2.14. The van der Waals surface area contributed by atoms with Crippen LogP contribution in [0.15, 0.2) is 18.2 Å². The second-order valence-corrected chi connectivity index (χ2v) is 6.23. The van der Waals surface area contributed by atoms with Gasteiger partial charge in [-0.2, -0.15) is 5.10 Å². The van der Waals surface area contributed by atoms with E-state index in [2.05, 4.69) is 21.0 Å². The van der Waals surface area contributed by atoms with E-state index in [1.165, 1.54) is 0 Å². The van der Waals surface area contributed by atoms with E-state index in [1.54, 1.807) is 39.3 Å². The highest BCUT2D eigenvalue weighted by Gasteiger charge is 2.14. The van der Waals surface area contributed by atoms with Crippen molar-refractivity contribution in [3.05, 3.63) is 46.3 Å². The molecule has 0 aliphatic heterocycles. The van der Waals surface area contributed by atoms with E-state index in [0.717, 1.165) is 17.0 Å². The van der Waals surface area contributed by atoms with Gasteiger partial charge in [-0.3, -0.25) is 9.48 Å². The molecule has 1 heterocycles. The summed E-state index contributed by atoms with van der Waals surface area (Å²) in [6.07, 6.45) is 0.